The predicted octanol–water partition coefficient (Wildman–Crippen LogP) is 5.18. The van der Waals surface area contributed by atoms with Gasteiger partial charge >= 0.3 is 0 Å². The lowest BCUT2D eigenvalue weighted by Crippen LogP contribution is -2.04. The minimum atomic E-state index is 0.558. The number of aromatic nitrogens is 6. The zero-order valence-electron chi connectivity index (χ0n) is 19.0. The predicted molar refractivity (Wildman–Crippen MR) is 133 cm³/mol. The molecule has 0 amide bonds. The third-order valence-corrected chi connectivity index (χ3v) is 6.50. The van der Waals surface area contributed by atoms with E-state index in [1.54, 1.807) is 23.7 Å². The first-order valence-electron chi connectivity index (χ1n) is 10.9. The number of methoxy groups -OCH3 is 1. The van der Waals surface area contributed by atoms with Crippen molar-refractivity contribution in [1.29, 1.82) is 0 Å². The van der Waals surface area contributed by atoms with E-state index in [-0.39, 0.29) is 0 Å². The number of nitrogens with zero attached hydrogens (tertiary/aromatic N) is 6. The van der Waals surface area contributed by atoms with Crippen LogP contribution in [0.4, 0.5) is 0 Å². The van der Waals surface area contributed by atoms with Crippen molar-refractivity contribution in [3.63, 3.8) is 0 Å². The number of ether oxygens (including phenoxy) is 1. The molecule has 170 valence electrons. The Morgan fingerprint density at radius 3 is 2.47 bits per heavy atom. The highest BCUT2D eigenvalue weighted by Crippen LogP contribution is 2.33. The normalized spacial score (nSPS) is 11.0. The fourth-order valence-electron chi connectivity index (χ4n) is 3.65. The number of rotatable bonds is 8. The maximum absolute atomic E-state index is 5.31. The van der Waals surface area contributed by atoms with E-state index >= 15 is 0 Å². The summed E-state index contributed by atoms with van der Waals surface area (Å²) in [7, 11) is 1.66. The van der Waals surface area contributed by atoms with Crippen molar-refractivity contribution in [2.75, 3.05) is 7.11 Å². The summed E-state index contributed by atoms with van der Waals surface area (Å²) in [6.07, 6.45) is 1.81. The van der Waals surface area contributed by atoms with Crippen LogP contribution < -0.4 is 4.74 Å². The molecule has 0 atom stereocenters. The Bertz CT molecular complexity index is 1380. The van der Waals surface area contributed by atoms with Gasteiger partial charge in [-0.1, -0.05) is 60.2 Å². The average Bonchev–Trinajstić information content (AvgIpc) is 3.50. The van der Waals surface area contributed by atoms with E-state index in [0.29, 0.717) is 12.4 Å². The summed E-state index contributed by atoms with van der Waals surface area (Å²) in [5, 5.41) is 18.9. The Labute approximate surface area is 202 Å². The number of thioether (sulfide) groups is 1. The van der Waals surface area contributed by atoms with E-state index in [0.717, 1.165) is 33.3 Å². The van der Waals surface area contributed by atoms with E-state index in [9.17, 15) is 0 Å². The van der Waals surface area contributed by atoms with Crippen molar-refractivity contribution in [3.05, 3.63) is 102 Å². The molecule has 0 aliphatic rings. The van der Waals surface area contributed by atoms with Crippen LogP contribution in [0.5, 0.6) is 5.75 Å². The highest BCUT2D eigenvalue weighted by Gasteiger charge is 2.19. The fourth-order valence-corrected chi connectivity index (χ4v) is 4.72. The second-order valence-electron chi connectivity index (χ2n) is 7.88. The van der Waals surface area contributed by atoms with Crippen molar-refractivity contribution in [3.8, 4) is 22.8 Å². The topological polar surface area (TPSA) is 70.7 Å². The van der Waals surface area contributed by atoms with Gasteiger partial charge in [-0.2, -0.15) is 9.90 Å². The molecule has 0 unspecified atom stereocenters. The molecule has 0 spiro atoms. The number of hydrogen-bond acceptors (Lipinski definition) is 6. The molecule has 0 aliphatic carbocycles. The van der Waals surface area contributed by atoms with Crippen LogP contribution in [-0.4, -0.2) is 37.1 Å². The molecule has 0 aliphatic heterocycles. The summed E-state index contributed by atoms with van der Waals surface area (Å²) in [5.41, 5.74) is 5.37. The maximum Gasteiger partial charge on any atom is 0.209 e. The van der Waals surface area contributed by atoms with Crippen molar-refractivity contribution < 1.29 is 4.74 Å². The van der Waals surface area contributed by atoms with Crippen LogP contribution in [0.2, 0.25) is 0 Å². The van der Waals surface area contributed by atoms with E-state index in [1.165, 1.54) is 11.1 Å². The second kappa shape index (κ2) is 9.93. The van der Waals surface area contributed by atoms with Crippen LogP contribution in [0, 0.1) is 6.92 Å². The molecular weight excluding hydrogens is 444 g/mol. The first-order chi connectivity index (χ1) is 16.7. The lowest BCUT2D eigenvalue weighted by Gasteiger charge is -2.09. The minimum absolute atomic E-state index is 0.558. The van der Waals surface area contributed by atoms with Gasteiger partial charge in [0.15, 0.2) is 0 Å². The molecule has 5 aromatic rings. The number of tetrazole rings is 1. The van der Waals surface area contributed by atoms with Crippen LogP contribution in [0.25, 0.3) is 17.1 Å². The Morgan fingerprint density at radius 2 is 1.71 bits per heavy atom. The summed E-state index contributed by atoms with van der Waals surface area (Å²) >= 11 is 1.70. The molecule has 7 nitrogen and oxygen atoms in total. The van der Waals surface area contributed by atoms with Gasteiger partial charge in [0.2, 0.25) is 5.82 Å². The van der Waals surface area contributed by atoms with E-state index in [1.807, 2.05) is 47.3 Å². The molecular formula is C26H24N6OS. The van der Waals surface area contributed by atoms with E-state index in [4.69, 9.17) is 4.74 Å². The molecule has 3 aromatic carbocycles. The lowest BCUT2D eigenvalue weighted by atomic mass is 10.1. The third kappa shape index (κ3) is 4.87. The number of benzene rings is 3. The first kappa shape index (κ1) is 21.9. The molecule has 0 fully saturated rings. The summed E-state index contributed by atoms with van der Waals surface area (Å²) in [5.74, 6) is 2.16. The highest BCUT2D eigenvalue weighted by atomic mass is 32.2. The van der Waals surface area contributed by atoms with Gasteiger partial charge in [0.25, 0.3) is 0 Å². The Morgan fingerprint density at radius 1 is 0.912 bits per heavy atom. The van der Waals surface area contributed by atoms with Crippen LogP contribution in [0.15, 0.2) is 90.1 Å². The largest absolute Gasteiger partial charge is 0.497 e. The Kier molecular flexibility index (Phi) is 6.40. The number of hydrogen-bond donors (Lipinski definition) is 0. The molecule has 0 saturated carbocycles. The van der Waals surface area contributed by atoms with Crippen molar-refractivity contribution >= 4 is 11.8 Å². The summed E-state index contributed by atoms with van der Waals surface area (Å²) < 4.78 is 7.23. The summed E-state index contributed by atoms with van der Waals surface area (Å²) in [6, 6.07) is 26.5. The van der Waals surface area contributed by atoms with Gasteiger partial charge in [0.1, 0.15) is 10.8 Å². The summed E-state index contributed by atoms with van der Waals surface area (Å²) in [4.78, 5) is 1.63. The van der Waals surface area contributed by atoms with Gasteiger partial charge in [0, 0.05) is 5.75 Å². The Hall–Kier alpha value is -3.91. The zero-order valence-corrected chi connectivity index (χ0v) is 19.8. The fraction of sp³-hybridized carbons (Fsp3) is 0.154. The first-order valence-corrected chi connectivity index (χ1v) is 11.9. The molecule has 0 N–H and O–H groups in total. The number of aryl methyl sites for hydroxylation is 1. The van der Waals surface area contributed by atoms with Gasteiger partial charge in [-0.25, -0.2) is 4.68 Å². The van der Waals surface area contributed by atoms with Crippen LogP contribution >= 0.6 is 11.8 Å². The standard InChI is InChI=1S/C26H24N6OS/c1-19-7-6-10-21(15-19)17-31-29-25(28-30-31)24-16-27-32(22-11-13-23(33-2)14-12-22)26(24)34-18-20-8-4-3-5-9-20/h3-16H,17-18H2,1-2H3. The molecule has 0 saturated heterocycles. The van der Waals surface area contributed by atoms with E-state index in [2.05, 4.69) is 69.9 Å². The van der Waals surface area contributed by atoms with Gasteiger partial charge in [0.05, 0.1) is 31.1 Å². The lowest BCUT2D eigenvalue weighted by molar-refractivity contribution is 0.414. The van der Waals surface area contributed by atoms with Crippen LogP contribution in [0.1, 0.15) is 16.7 Å². The monoisotopic (exact) mass is 468 g/mol. The zero-order chi connectivity index (χ0) is 23.3. The molecule has 5 rings (SSSR count). The molecule has 34 heavy (non-hydrogen) atoms. The molecule has 8 heteroatoms. The van der Waals surface area contributed by atoms with Gasteiger partial charge < -0.3 is 4.74 Å². The van der Waals surface area contributed by atoms with Gasteiger partial charge in [-0.15, -0.1) is 22.0 Å². The van der Waals surface area contributed by atoms with Gasteiger partial charge in [-0.05, 0) is 47.5 Å². The van der Waals surface area contributed by atoms with Crippen molar-refractivity contribution in [2.24, 2.45) is 0 Å². The summed E-state index contributed by atoms with van der Waals surface area (Å²) in [6.45, 7) is 2.64. The quantitative estimate of drug-likeness (QED) is 0.292. The van der Waals surface area contributed by atoms with E-state index < -0.39 is 0 Å². The average molecular weight is 469 g/mol. The molecule has 0 radical (unpaired) electrons. The second-order valence-corrected chi connectivity index (χ2v) is 8.84. The molecule has 0 bridgehead atoms. The Balaban J connectivity index is 1.47. The highest BCUT2D eigenvalue weighted by molar-refractivity contribution is 7.98. The van der Waals surface area contributed by atoms with Crippen LogP contribution in [0.3, 0.4) is 0 Å². The van der Waals surface area contributed by atoms with Crippen molar-refractivity contribution in [2.45, 2.75) is 24.2 Å². The van der Waals surface area contributed by atoms with Crippen LogP contribution in [-0.2, 0) is 12.3 Å². The minimum Gasteiger partial charge on any atom is -0.497 e. The third-order valence-electron chi connectivity index (χ3n) is 5.36. The smallest absolute Gasteiger partial charge is 0.209 e. The SMILES string of the molecule is COc1ccc(-n2ncc(-c3nnn(Cc4cccc(C)c4)n3)c2SCc2ccccc2)cc1. The molecule has 2 heterocycles. The van der Waals surface area contributed by atoms with Gasteiger partial charge in [-0.3, -0.25) is 0 Å². The van der Waals surface area contributed by atoms with Crippen molar-refractivity contribution in [1.82, 2.24) is 30.0 Å². The maximum atomic E-state index is 5.31. The molecule has 2 aromatic heterocycles.